The van der Waals surface area contributed by atoms with Crippen LogP contribution in [0, 0.1) is 11.8 Å². The zero-order valence-corrected chi connectivity index (χ0v) is 13.2. The van der Waals surface area contributed by atoms with Gasteiger partial charge in [0.15, 0.2) is 0 Å². The lowest BCUT2D eigenvalue weighted by atomic mass is 9.96. The number of carbonyl (C=O) groups excluding carboxylic acids is 2. The van der Waals surface area contributed by atoms with Gasteiger partial charge >= 0.3 is 0 Å². The summed E-state index contributed by atoms with van der Waals surface area (Å²) < 4.78 is 0. The number of amides is 2. The van der Waals surface area contributed by atoms with Crippen LogP contribution in [0.25, 0.3) is 0 Å². The van der Waals surface area contributed by atoms with Crippen molar-refractivity contribution in [3.05, 3.63) is 0 Å². The van der Waals surface area contributed by atoms with E-state index >= 15 is 0 Å². The van der Waals surface area contributed by atoms with Crippen LogP contribution in [0.15, 0.2) is 0 Å². The Labute approximate surface area is 127 Å². The molecule has 0 aromatic rings. The molecule has 2 heterocycles. The third-order valence-corrected chi connectivity index (χ3v) is 4.46. The maximum absolute atomic E-state index is 12.5. The number of piperazine rings is 1. The summed E-state index contributed by atoms with van der Waals surface area (Å²) in [6.07, 6.45) is 0.960. The van der Waals surface area contributed by atoms with Gasteiger partial charge in [-0.1, -0.05) is 13.8 Å². The van der Waals surface area contributed by atoms with E-state index in [-0.39, 0.29) is 17.7 Å². The molecule has 2 rings (SSSR count). The van der Waals surface area contributed by atoms with Crippen molar-refractivity contribution < 1.29 is 9.59 Å². The van der Waals surface area contributed by atoms with Crippen LogP contribution in [-0.4, -0.2) is 74.0 Å². The van der Waals surface area contributed by atoms with Gasteiger partial charge in [-0.15, -0.1) is 0 Å². The van der Waals surface area contributed by atoms with Crippen LogP contribution < -0.4 is 10.6 Å². The fourth-order valence-electron chi connectivity index (χ4n) is 3.02. The van der Waals surface area contributed by atoms with Crippen molar-refractivity contribution in [1.82, 2.24) is 20.4 Å². The van der Waals surface area contributed by atoms with Crippen LogP contribution in [-0.2, 0) is 9.59 Å². The molecule has 0 aromatic carbocycles. The van der Waals surface area contributed by atoms with Gasteiger partial charge in [-0.2, -0.15) is 0 Å². The van der Waals surface area contributed by atoms with E-state index in [1.54, 1.807) is 0 Å². The van der Waals surface area contributed by atoms with Crippen molar-refractivity contribution >= 4 is 11.8 Å². The number of carbonyl (C=O) groups is 2. The summed E-state index contributed by atoms with van der Waals surface area (Å²) in [4.78, 5) is 28.3. The van der Waals surface area contributed by atoms with E-state index < -0.39 is 0 Å². The van der Waals surface area contributed by atoms with Crippen molar-refractivity contribution in [3.8, 4) is 0 Å². The molecule has 0 bridgehead atoms. The van der Waals surface area contributed by atoms with Crippen LogP contribution in [0.3, 0.4) is 0 Å². The predicted octanol–water partition coefficient (Wildman–Crippen LogP) is -0.488. The van der Waals surface area contributed by atoms with Gasteiger partial charge in [0.1, 0.15) is 0 Å². The highest BCUT2D eigenvalue weighted by molar-refractivity contribution is 5.80. The minimum Gasteiger partial charge on any atom is -0.355 e. The van der Waals surface area contributed by atoms with Crippen LogP contribution in [0.5, 0.6) is 0 Å². The molecular formula is C15H28N4O2. The van der Waals surface area contributed by atoms with Gasteiger partial charge in [0.05, 0.1) is 12.5 Å². The molecule has 2 aliphatic heterocycles. The second-order valence-corrected chi connectivity index (χ2v) is 6.19. The summed E-state index contributed by atoms with van der Waals surface area (Å²) in [5.41, 5.74) is 0. The first kappa shape index (κ1) is 16.2. The van der Waals surface area contributed by atoms with Crippen LogP contribution in [0.4, 0.5) is 0 Å². The number of rotatable bonds is 5. The van der Waals surface area contributed by atoms with Crippen molar-refractivity contribution in [2.45, 2.75) is 20.3 Å². The lowest BCUT2D eigenvalue weighted by molar-refractivity contribution is -0.138. The van der Waals surface area contributed by atoms with Crippen LogP contribution in [0.2, 0.25) is 0 Å². The fourth-order valence-corrected chi connectivity index (χ4v) is 3.02. The summed E-state index contributed by atoms with van der Waals surface area (Å²) in [7, 11) is 0. The molecule has 2 atom stereocenters. The molecule has 2 aliphatic rings. The van der Waals surface area contributed by atoms with E-state index in [1.165, 1.54) is 0 Å². The standard InChI is InChI=1S/C15H28N4O2/c1-3-4-17-14(20)11-18-5-7-19(8-6-18)15(21)13-10-16-9-12(13)2/h12-13,16H,3-11H2,1-2H3,(H,17,20). The fraction of sp³-hybridized carbons (Fsp3) is 0.867. The van der Waals surface area contributed by atoms with Gasteiger partial charge in [-0.05, 0) is 18.9 Å². The molecule has 0 aromatic heterocycles. The largest absolute Gasteiger partial charge is 0.355 e. The SMILES string of the molecule is CCCNC(=O)CN1CCN(C(=O)C2CNCC2C)CC1. The van der Waals surface area contributed by atoms with E-state index in [0.717, 1.165) is 52.2 Å². The molecule has 0 spiro atoms. The third-order valence-electron chi connectivity index (χ3n) is 4.46. The molecule has 6 heteroatoms. The molecule has 2 N–H and O–H groups in total. The molecular weight excluding hydrogens is 268 g/mol. The first-order valence-electron chi connectivity index (χ1n) is 8.10. The van der Waals surface area contributed by atoms with Crippen molar-refractivity contribution in [2.75, 3.05) is 52.4 Å². The zero-order valence-electron chi connectivity index (χ0n) is 13.2. The third kappa shape index (κ3) is 4.41. The Kier molecular flexibility index (Phi) is 5.99. The topological polar surface area (TPSA) is 64.7 Å². The first-order valence-corrected chi connectivity index (χ1v) is 8.10. The Hall–Kier alpha value is -1.14. The lowest BCUT2D eigenvalue weighted by Crippen LogP contribution is -2.53. The Balaban J connectivity index is 1.72. The second kappa shape index (κ2) is 7.75. The molecule has 2 unspecified atom stereocenters. The van der Waals surface area contributed by atoms with Gasteiger partial charge in [-0.25, -0.2) is 0 Å². The van der Waals surface area contributed by atoms with E-state index in [1.807, 2.05) is 11.8 Å². The number of hydrogen-bond donors (Lipinski definition) is 2. The second-order valence-electron chi connectivity index (χ2n) is 6.19. The van der Waals surface area contributed by atoms with Gasteiger partial charge in [-0.3, -0.25) is 14.5 Å². The number of hydrogen-bond acceptors (Lipinski definition) is 4. The highest BCUT2D eigenvalue weighted by Gasteiger charge is 2.34. The average molecular weight is 296 g/mol. The van der Waals surface area contributed by atoms with Gasteiger partial charge in [0.25, 0.3) is 0 Å². The maximum atomic E-state index is 12.5. The highest BCUT2D eigenvalue weighted by atomic mass is 16.2. The normalized spacial score (nSPS) is 26.9. The van der Waals surface area contributed by atoms with Gasteiger partial charge in [0, 0.05) is 39.3 Å². The predicted molar refractivity (Wildman–Crippen MR) is 81.8 cm³/mol. The molecule has 0 saturated carbocycles. The van der Waals surface area contributed by atoms with E-state index in [2.05, 4.69) is 22.5 Å². The van der Waals surface area contributed by atoms with Gasteiger partial charge in [0.2, 0.25) is 11.8 Å². The average Bonchev–Trinajstić information content (AvgIpc) is 2.91. The molecule has 2 fully saturated rings. The molecule has 6 nitrogen and oxygen atoms in total. The zero-order chi connectivity index (χ0) is 15.2. The molecule has 0 radical (unpaired) electrons. The quantitative estimate of drug-likeness (QED) is 0.719. The van der Waals surface area contributed by atoms with E-state index in [4.69, 9.17) is 0 Å². The van der Waals surface area contributed by atoms with Crippen LogP contribution >= 0.6 is 0 Å². The van der Waals surface area contributed by atoms with Crippen molar-refractivity contribution in [3.63, 3.8) is 0 Å². The maximum Gasteiger partial charge on any atom is 0.234 e. The summed E-state index contributed by atoms with van der Waals surface area (Å²) in [5, 5.41) is 6.18. The molecule has 0 aliphatic carbocycles. The molecule has 120 valence electrons. The van der Waals surface area contributed by atoms with Crippen molar-refractivity contribution in [2.24, 2.45) is 11.8 Å². The Bertz CT molecular complexity index is 367. The number of nitrogens with one attached hydrogen (secondary N) is 2. The lowest BCUT2D eigenvalue weighted by Gasteiger charge is -2.36. The smallest absolute Gasteiger partial charge is 0.234 e. The Morgan fingerprint density at radius 2 is 1.90 bits per heavy atom. The first-order chi connectivity index (χ1) is 10.1. The molecule has 2 amide bonds. The highest BCUT2D eigenvalue weighted by Crippen LogP contribution is 2.19. The molecule has 2 saturated heterocycles. The van der Waals surface area contributed by atoms with E-state index in [9.17, 15) is 9.59 Å². The van der Waals surface area contributed by atoms with E-state index in [0.29, 0.717) is 12.5 Å². The summed E-state index contributed by atoms with van der Waals surface area (Å²) >= 11 is 0. The minimum absolute atomic E-state index is 0.0882. The van der Waals surface area contributed by atoms with Crippen molar-refractivity contribution in [1.29, 1.82) is 0 Å². The summed E-state index contributed by atoms with van der Waals surface area (Å²) in [6, 6.07) is 0. The minimum atomic E-state index is 0.0882. The molecule has 21 heavy (non-hydrogen) atoms. The van der Waals surface area contributed by atoms with Gasteiger partial charge < -0.3 is 15.5 Å². The number of nitrogens with zero attached hydrogens (tertiary/aromatic N) is 2. The summed E-state index contributed by atoms with van der Waals surface area (Å²) in [5.74, 6) is 0.924. The summed E-state index contributed by atoms with van der Waals surface area (Å²) in [6.45, 7) is 10.2. The Morgan fingerprint density at radius 3 is 2.48 bits per heavy atom. The Morgan fingerprint density at radius 1 is 1.19 bits per heavy atom. The monoisotopic (exact) mass is 296 g/mol. The van der Waals surface area contributed by atoms with Crippen LogP contribution in [0.1, 0.15) is 20.3 Å².